The fraction of sp³-hybridized carbons (Fsp3) is 0.440. The largest absolute Gasteiger partial charge is 0.490 e. The van der Waals surface area contributed by atoms with Crippen molar-refractivity contribution in [2.45, 2.75) is 37.8 Å². The van der Waals surface area contributed by atoms with Crippen molar-refractivity contribution in [1.29, 1.82) is 0 Å². The predicted molar refractivity (Wildman–Crippen MR) is 139 cm³/mol. The van der Waals surface area contributed by atoms with E-state index in [0.29, 0.717) is 30.0 Å². The zero-order valence-electron chi connectivity index (χ0n) is 21.6. The zero-order valence-corrected chi connectivity index (χ0v) is 22.4. The molecule has 1 saturated heterocycles. The van der Waals surface area contributed by atoms with Crippen LogP contribution in [-0.4, -0.2) is 75.7 Å². The van der Waals surface area contributed by atoms with E-state index in [4.69, 9.17) is 9.90 Å². The Bertz CT molecular complexity index is 1220. The van der Waals surface area contributed by atoms with Crippen LogP contribution in [0.2, 0.25) is 0 Å². The first-order chi connectivity index (χ1) is 18.3. The van der Waals surface area contributed by atoms with E-state index in [9.17, 15) is 30.8 Å². The second-order valence-corrected chi connectivity index (χ2v) is 10.3. The molecule has 0 aliphatic carbocycles. The maximum atomic E-state index is 13.3. The molecule has 1 heterocycles. The summed E-state index contributed by atoms with van der Waals surface area (Å²) in [6.07, 6.45) is -3.20. The van der Waals surface area contributed by atoms with Gasteiger partial charge in [-0.3, -0.25) is 9.52 Å². The van der Waals surface area contributed by atoms with Gasteiger partial charge in [0.25, 0.3) is 15.9 Å². The van der Waals surface area contributed by atoms with Crippen LogP contribution in [0.4, 0.5) is 28.9 Å². The Morgan fingerprint density at radius 3 is 2.18 bits per heavy atom. The van der Waals surface area contributed by atoms with Crippen molar-refractivity contribution < 1.29 is 40.7 Å². The molecule has 2 aromatic rings. The highest BCUT2D eigenvalue weighted by Gasteiger charge is 2.38. The number of carbonyl (C=O) groups is 2. The molecule has 2 aromatic carbocycles. The van der Waals surface area contributed by atoms with E-state index >= 15 is 0 Å². The summed E-state index contributed by atoms with van der Waals surface area (Å²) in [4.78, 5) is 25.8. The number of carboxylic acids is 1. The van der Waals surface area contributed by atoms with Crippen molar-refractivity contribution in [3.8, 4) is 0 Å². The molecular weight excluding hydrogens is 544 g/mol. The third-order valence-electron chi connectivity index (χ3n) is 5.76. The quantitative estimate of drug-likeness (QED) is 0.387. The molecule has 14 heteroatoms. The van der Waals surface area contributed by atoms with E-state index in [1.54, 1.807) is 23.1 Å². The summed E-state index contributed by atoms with van der Waals surface area (Å²) in [5.41, 5.74) is 1.48. The first kappa shape index (κ1) is 31.8. The van der Waals surface area contributed by atoms with Gasteiger partial charge in [-0.05, 0) is 55.8 Å². The van der Waals surface area contributed by atoms with Crippen molar-refractivity contribution in [3.05, 3.63) is 53.8 Å². The number of sulfonamides is 1. The van der Waals surface area contributed by atoms with Gasteiger partial charge in [0.15, 0.2) is 0 Å². The van der Waals surface area contributed by atoms with Gasteiger partial charge in [0.05, 0.1) is 16.3 Å². The van der Waals surface area contributed by atoms with E-state index in [2.05, 4.69) is 21.9 Å². The van der Waals surface area contributed by atoms with E-state index < -0.39 is 28.0 Å². The fourth-order valence-corrected chi connectivity index (χ4v) is 4.75. The Balaban J connectivity index is 0.000000673. The summed E-state index contributed by atoms with van der Waals surface area (Å²) in [5.74, 6) is -3.40. The number of halogens is 4. The Kier molecular flexibility index (Phi) is 11.5. The second kappa shape index (κ2) is 14.1. The Hall–Kier alpha value is -3.39. The average Bonchev–Trinajstić information content (AvgIpc) is 2.89. The van der Waals surface area contributed by atoms with Gasteiger partial charge in [-0.2, -0.15) is 13.2 Å². The highest BCUT2D eigenvalue weighted by Crippen LogP contribution is 2.30. The molecule has 0 unspecified atom stereocenters. The lowest BCUT2D eigenvalue weighted by molar-refractivity contribution is -0.192. The van der Waals surface area contributed by atoms with Crippen molar-refractivity contribution in [2.75, 3.05) is 48.9 Å². The minimum atomic E-state index is -5.08. The van der Waals surface area contributed by atoms with E-state index in [1.165, 1.54) is 12.1 Å². The fourth-order valence-electron chi connectivity index (χ4n) is 3.68. The van der Waals surface area contributed by atoms with Crippen LogP contribution in [0.15, 0.2) is 47.4 Å². The normalized spacial score (nSPS) is 13.7. The first-order valence-electron chi connectivity index (χ1n) is 12.3. The molecule has 0 spiro atoms. The van der Waals surface area contributed by atoms with Gasteiger partial charge in [-0.25, -0.2) is 17.6 Å². The van der Waals surface area contributed by atoms with Crippen LogP contribution in [0.1, 0.15) is 37.0 Å². The van der Waals surface area contributed by atoms with Gasteiger partial charge in [0.2, 0.25) is 0 Å². The van der Waals surface area contributed by atoms with Crippen molar-refractivity contribution in [1.82, 2.24) is 10.2 Å². The van der Waals surface area contributed by atoms with Crippen LogP contribution in [0.3, 0.4) is 0 Å². The van der Waals surface area contributed by atoms with Crippen LogP contribution < -0.4 is 14.9 Å². The summed E-state index contributed by atoms with van der Waals surface area (Å²) in [7, 11) is -3.96. The van der Waals surface area contributed by atoms with Gasteiger partial charge in [0.1, 0.15) is 5.82 Å². The summed E-state index contributed by atoms with van der Waals surface area (Å²) in [6.45, 7) is 8.24. The van der Waals surface area contributed by atoms with Crippen molar-refractivity contribution >= 4 is 33.3 Å². The van der Waals surface area contributed by atoms with Gasteiger partial charge in [-0.15, -0.1) is 0 Å². The average molecular weight is 577 g/mol. The molecule has 3 rings (SSSR count). The molecule has 1 aliphatic rings. The minimum Gasteiger partial charge on any atom is -0.475 e. The summed E-state index contributed by atoms with van der Waals surface area (Å²) in [5, 5.41) is 10.4. The van der Waals surface area contributed by atoms with E-state index in [1.807, 2.05) is 6.92 Å². The number of benzene rings is 2. The number of unbranched alkanes of at least 4 members (excludes halogenated alkanes) is 1. The first-order valence-corrected chi connectivity index (χ1v) is 13.8. The summed E-state index contributed by atoms with van der Waals surface area (Å²) < 4.78 is 73.6. The summed E-state index contributed by atoms with van der Waals surface area (Å²) >= 11 is 0. The number of amides is 1. The van der Waals surface area contributed by atoms with Crippen LogP contribution in [0, 0.1) is 5.82 Å². The second-order valence-electron chi connectivity index (χ2n) is 8.57. The maximum absolute atomic E-state index is 13.3. The standard InChI is InChI=1S/C23H31FN4O3S.C2HF3O2/c1-3-5-14-27(4-2)23(29)18-6-11-22(28-15-12-25-13-16-28)21(17-18)26-32(30,31)20-9-7-19(24)8-10-20;3-2(4,5)1(6)7/h6-11,17,25-26H,3-5,12-16H2,1-2H3;(H,6,7). The lowest BCUT2D eigenvalue weighted by atomic mass is 10.1. The molecule has 0 aromatic heterocycles. The number of nitrogens with one attached hydrogen (secondary N) is 2. The molecule has 0 bridgehead atoms. The van der Waals surface area contributed by atoms with Gasteiger partial charge >= 0.3 is 12.1 Å². The number of carboxylic acid groups (broad SMARTS) is 1. The minimum absolute atomic E-state index is 0.0416. The predicted octanol–water partition coefficient (Wildman–Crippen LogP) is 3.93. The van der Waals surface area contributed by atoms with Crippen molar-refractivity contribution in [2.24, 2.45) is 0 Å². The third-order valence-corrected chi connectivity index (χ3v) is 7.14. The molecule has 39 heavy (non-hydrogen) atoms. The highest BCUT2D eigenvalue weighted by atomic mass is 32.2. The lowest BCUT2D eigenvalue weighted by Gasteiger charge is -2.31. The molecular formula is C25H32F4N4O5S. The zero-order chi connectivity index (χ0) is 29.2. The smallest absolute Gasteiger partial charge is 0.475 e. The van der Waals surface area contributed by atoms with E-state index in [0.717, 1.165) is 51.2 Å². The number of piperazine rings is 1. The monoisotopic (exact) mass is 576 g/mol. The number of hydrogen-bond acceptors (Lipinski definition) is 6. The summed E-state index contributed by atoms with van der Waals surface area (Å²) in [6, 6.07) is 9.83. The third kappa shape index (κ3) is 9.39. The van der Waals surface area contributed by atoms with E-state index in [-0.39, 0.29) is 10.8 Å². The molecule has 9 nitrogen and oxygen atoms in total. The molecule has 1 amide bonds. The lowest BCUT2D eigenvalue weighted by Crippen LogP contribution is -2.43. The molecule has 216 valence electrons. The molecule has 0 radical (unpaired) electrons. The number of anilines is 2. The van der Waals surface area contributed by atoms with Crippen LogP contribution in [0.25, 0.3) is 0 Å². The maximum Gasteiger partial charge on any atom is 0.490 e. The number of alkyl halides is 3. The number of rotatable bonds is 9. The Morgan fingerprint density at radius 1 is 1.08 bits per heavy atom. The molecule has 3 N–H and O–H groups in total. The highest BCUT2D eigenvalue weighted by molar-refractivity contribution is 7.92. The molecule has 0 atom stereocenters. The number of hydrogen-bond donors (Lipinski definition) is 3. The van der Waals surface area contributed by atoms with Crippen molar-refractivity contribution in [3.63, 3.8) is 0 Å². The Labute approximate surface area is 224 Å². The molecule has 1 fully saturated rings. The number of carbonyl (C=O) groups excluding carboxylic acids is 1. The van der Waals surface area contributed by atoms with Gasteiger partial charge in [0, 0.05) is 44.8 Å². The number of nitrogens with zero attached hydrogens (tertiary/aromatic N) is 2. The van der Waals surface area contributed by atoms with Gasteiger partial charge < -0.3 is 20.2 Å². The Morgan fingerprint density at radius 2 is 1.67 bits per heavy atom. The van der Waals surface area contributed by atoms with Crippen LogP contribution >= 0.6 is 0 Å². The molecule has 0 saturated carbocycles. The molecule has 1 aliphatic heterocycles. The van der Waals surface area contributed by atoms with Crippen LogP contribution in [0.5, 0.6) is 0 Å². The topological polar surface area (TPSA) is 119 Å². The SMILES string of the molecule is CCCCN(CC)C(=O)c1ccc(N2CCNCC2)c(NS(=O)(=O)c2ccc(F)cc2)c1.O=C(O)C(F)(F)F. The number of aliphatic carboxylic acids is 1. The van der Waals surface area contributed by atoms with Crippen LogP contribution in [-0.2, 0) is 14.8 Å². The van der Waals surface area contributed by atoms with Gasteiger partial charge in [-0.1, -0.05) is 13.3 Å².